The molecule has 8 heteroatoms. The van der Waals surface area contributed by atoms with E-state index in [1.165, 1.54) is 6.07 Å². The van der Waals surface area contributed by atoms with E-state index in [1.54, 1.807) is 13.2 Å². The van der Waals surface area contributed by atoms with E-state index >= 15 is 0 Å². The van der Waals surface area contributed by atoms with Crippen molar-refractivity contribution in [1.29, 1.82) is 0 Å². The lowest BCUT2D eigenvalue weighted by Gasteiger charge is -2.18. The molecule has 1 aliphatic carbocycles. The maximum Gasteiger partial charge on any atom is 0.234 e. The zero-order valence-corrected chi connectivity index (χ0v) is 14.4. The molecule has 1 aliphatic heterocycles. The highest BCUT2D eigenvalue weighted by molar-refractivity contribution is 6.01. The normalized spacial score (nSPS) is 11.0. The van der Waals surface area contributed by atoms with Gasteiger partial charge in [0.15, 0.2) is 0 Å². The number of nitrogens with one attached hydrogen (secondary N) is 3. The summed E-state index contributed by atoms with van der Waals surface area (Å²) >= 11 is 0. The van der Waals surface area contributed by atoms with Gasteiger partial charge in [-0.1, -0.05) is 6.07 Å². The van der Waals surface area contributed by atoms with Gasteiger partial charge in [0, 0.05) is 36.6 Å². The Morgan fingerprint density at radius 2 is 2.00 bits per heavy atom. The summed E-state index contributed by atoms with van der Waals surface area (Å²) in [7, 11) is 1.58. The fourth-order valence-electron chi connectivity index (χ4n) is 2.97. The molecule has 0 saturated heterocycles. The first-order valence-corrected chi connectivity index (χ1v) is 8.31. The van der Waals surface area contributed by atoms with E-state index in [2.05, 4.69) is 15.6 Å². The number of pyridine rings is 1. The quantitative estimate of drug-likeness (QED) is 0.285. The zero-order chi connectivity index (χ0) is 18.5. The fraction of sp³-hybridized carbons (Fsp3) is 0.278. The molecule has 26 heavy (non-hydrogen) atoms. The van der Waals surface area contributed by atoms with Gasteiger partial charge in [0.25, 0.3) is 0 Å². The number of aliphatic hydroxyl groups excluding tert-OH is 1. The number of hydrogen-bond donors (Lipinski definition) is 4. The smallest absolute Gasteiger partial charge is 0.234 e. The van der Waals surface area contributed by atoms with Crippen LogP contribution in [0.5, 0.6) is 5.75 Å². The molecule has 3 rings (SSSR count). The van der Waals surface area contributed by atoms with Gasteiger partial charge < -0.3 is 35.9 Å². The number of fused-ring (bicyclic) bond motifs is 2. The SMILES string of the molecule is COc1ccc2[nH]c3cccc(=[N+]([O-])[O-])c-3c(NCCNCCO)c2c1. The number of nitrogens with zero attached hydrogens (tertiary/aromatic N) is 1. The van der Waals surface area contributed by atoms with Gasteiger partial charge in [0.1, 0.15) is 5.75 Å². The molecule has 2 aliphatic rings. The van der Waals surface area contributed by atoms with E-state index in [0.717, 1.165) is 10.9 Å². The summed E-state index contributed by atoms with van der Waals surface area (Å²) in [6.45, 7) is 1.73. The van der Waals surface area contributed by atoms with Crippen LogP contribution in [0.3, 0.4) is 0 Å². The third-order valence-corrected chi connectivity index (χ3v) is 4.15. The molecule has 1 aromatic carbocycles. The molecule has 138 valence electrons. The lowest BCUT2D eigenvalue weighted by Crippen LogP contribution is -2.27. The van der Waals surface area contributed by atoms with Crippen molar-refractivity contribution < 1.29 is 9.84 Å². The molecular weight excluding hydrogens is 336 g/mol. The van der Waals surface area contributed by atoms with Crippen LogP contribution in [0.2, 0.25) is 0 Å². The largest absolute Gasteiger partial charge is 0.612 e. The minimum absolute atomic E-state index is 0.0364. The molecule has 1 heterocycles. The maximum absolute atomic E-state index is 11.5. The van der Waals surface area contributed by atoms with Gasteiger partial charge in [0.05, 0.1) is 30.7 Å². The van der Waals surface area contributed by atoms with Gasteiger partial charge in [-0.15, -0.1) is 0 Å². The fourth-order valence-corrected chi connectivity index (χ4v) is 2.97. The molecule has 8 nitrogen and oxygen atoms in total. The summed E-state index contributed by atoms with van der Waals surface area (Å²) in [5.74, 6) is 0.672. The first kappa shape index (κ1) is 17.8. The van der Waals surface area contributed by atoms with Crippen molar-refractivity contribution in [3.63, 3.8) is 0 Å². The molecule has 0 aromatic heterocycles. The van der Waals surface area contributed by atoms with Crippen molar-refractivity contribution in [2.24, 2.45) is 0 Å². The first-order valence-electron chi connectivity index (χ1n) is 8.31. The number of aliphatic hydroxyl groups is 1. The second-order valence-electron chi connectivity index (χ2n) is 5.77. The molecule has 4 N–H and O–H groups in total. The van der Waals surface area contributed by atoms with E-state index in [1.807, 2.05) is 24.3 Å². The first-order chi connectivity index (χ1) is 12.7. The topological polar surface area (TPSA) is 118 Å². The minimum atomic E-state index is -0.378. The van der Waals surface area contributed by atoms with Crippen LogP contribution in [-0.4, -0.2) is 43.4 Å². The molecule has 0 saturated carbocycles. The van der Waals surface area contributed by atoms with Crippen LogP contribution in [0.15, 0.2) is 36.4 Å². The van der Waals surface area contributed by atoms with Crippen LogP contribution >= 0.6 is 0 Å². The Morgan fingerprint density at radius 1 is 1.15 bits per heavy atom. The number of benzene rings is 2. The molecule has 0 fully saturated rings. The van der Waals surface area contributed by atoms with E-state index in [9.17, 15) is 10.4 Å². The van der Waals surface area contributed by atoms with Crippen LogP contribution in [0, 0.1) is 10.4 Å². The van der Waals surface area contributed by atoms with Crippen LogP contribution in [-0.2, 0) is 0 Å². The zero-order valence-electron chi connectivity index (χ0n) is 14.4. The summed E-state index contributed by atoms with van der Waals surface area (Å²) in [6.07, 6.45) is 0. The minimum Gasteiger partial charge on any atom is -0.612 e. The third-order valence-electron chi connectivity index (χ3n) is 4.15. The molecule has 0 unspecified atom stereocenters. The Morgan fingerprint density at radius 3 is 2.73 bits per heavy atom. The molecule has 0 radical (unpaired) electrons. The van der Waals surface area contributed by atoms with Crippen molar-refractivity contribution in [3.05, 3.63) is 52.2 Å². The van der Waals surface area contributed by atoms with Crippen molar-refractivity contribution in [2.75, 3.05) is 38.7 Å². The average Bonchev–Trinajstić information content (AvgIpc) is 2.66. The number of aromatic nitrogens is 1. The highest BCUT2D eigenvalue weighted by Gasteiger charge is 2.18. The van der Waals surface area contributed by atoms with Crippen molar-refractivity contribution >= 4 is 16.6 Å². The highest BCUT2D eigenvalue weighted by Crippen LogP contribution is 2.34. The molecule has 0 amide bonds. The lowest BCUT2D eigenvalue weighted by atomic mass is 10.0. The van der Waals surface area contributed by atoms with Gasteiger partial charge in [-0.05, 0) is 24.3 Å². The summed E-state index contributed by atoms with van der Waals surface area (Å²) in [4.78, 5) is 2.88. The van der Waals surface area contributed by atoms with Crippen LogP contribution in [0.25, 0.3) is 22.2 Å². The van der Waals surface area contributed by atoms with Crippen LogP contribution in [0.4, 0.5) is 5.69 Å². The van der Waals surface area contributed by atoms with Gasteiger partial charge in [-0.2, -0.15) is 4.90 Å². The number of H-pyrrole nitrogens is 1. The van der Waals surface area contributed by atoms with Gasteiger partial charge in [-0.3, -0.25) is 0 Å². The Kier molecular flexibility index (Phi) is 5.45. The maximum atomic E-state index is 11.5. The summed E-state index contributed by atoms with van der Waals surface area (Å²) in [6, 6.07) is 10.6. The van der Waals surface area contributed by atoms with Crippen molar-refractivity contribution in [1.82, 2.24) is 15.2 Å². The van der Waals surface area contributed by atoms with Crippen LogP contribution < -0.4 is 25.6 Å². The highest BCUT2D eigenvalue weighted by atomic mass is 16.8. The second kappa shape index (κ2) is 7.94. The summed E-state index contributed by atoms with van der Waals surface area (Å²) in [5, 5.41) is 39.2. The predicted octanol–water partition coefficient (Wildman–Crippen LogP) is 1.04. The number of methoxy groups -OCH3 is 1. The Labute approximate surface area is 150 Å². The molecule has 0 bridgehead atoms. The Balaban J connectivity index is 2.18. The van der Waals surface area contributed by atoms with E-state index in [4.69, 9.17) is 9.84 Å². The average molecular weight is 357 g/mol. The second-order valence-corrected chi connectivity index (χ2v) is 5.77. The number of rotatable bonds is 7. The Hall–Kier alpha value is -2.97. The van der Waals surface area contributed by atoms with Crippen molar-refractivity contribution in [2.45, 2.75) is 0 Å². The van der Waals surface area contributed by atoms with Gasteiger partial charge in [-0.25, -0.2) is 0 Å². The summed E-state index contributed by atoms with van der Waals surface area (Å²) < 4.78 is 5.31. The molecular formula is C18H21N4O4-. The van der Waals surface area contributed by atoms with E-state index < -0.39 is 0 Å². The number of anilines is 1. The predicted molar refractivity (Wildman–Crippen MR) is 102 cm³/mol. The standard InChI is InChI=1S/C18H21N4O4/c1-26-12-5-6-14-13(11-12)18(20-8-7-19-9-10-23)17-15(21-14)3-2-4-16(17)22(24)25/h2-6,11,19-21,23H,7-10H2,1H3/q-1. The Bertz CT molecular complexity index is 934. The molecule has 0 atom stereocenters. The van der Waals surface area contributed by atoms with E-state index in [0.29, 0.717) is 42.3 Å². The lowest BCUT2D eigenvalue weighted by molar-refractivity contribution is 0.293. The monoisotopic (exact) mass is 357 g/mol. The third kappa shape index (κ3) is 3.51. The molecule has 0 spiro atoms. The van der Waals surface area contributed by atoms with Crippen LogP contribution in [0.1, 0.15) is 0 Å². The summed E-state index contributed by atoms with van der Waals surface area (Å²) in [5.41, 5.74) is 2.75. The van der Waals surface area contributed by atoms with E-state index in [-0.39, 0.29) is 16.9 Å². The van der Waals surface area contributed by atoms with Gasteiger partial charge >= 0.3 is 0 Å². The molecule has 1 aromatic rings. The van der Waals surface area contributed by atoms with Crippen molar-refractivity contribution in [3.8, 4) is 17.0 Å². The number of aromatic amines is 1. The van der Waals surface area contributed by atoms with Gasteiger partial charge in [0.2, 0.25) is 5.36 Å². The number of hydrogen-bond acceptors (Lipinski definition) is 6. The number of ether oxygens (including phenoxy) is 1.